The molecule has 4 atom stereocenters. The smallest absolute Gasteiger partial charge is 0.460 e. The molecular weight excluding hydrogens is 315 g/mol. The van der Waals surface area contributed by atoms with Gasteiger partial charge in [0, 0.05) is 12.9 Å². The van der Waals surface area contributed by atoms with Crippen LogP contribution in [0.4, 0.5) is 0 Å². The molecule has 3 aliphatic carbocycles. The van der Waals surface area contributed by atoms with E-state index in [1.165, 1.54) is 6.42 Å². The van der Waals surface area contributed by atoms with Gasteiger partial charge in [-0.25, -0.2) is 0 Å². The summed E-state index contributed by atoms with van der Waals surface area (Å²) in [6, 6.07) is 7.99. The van der Waals surface area contributed by atoms with Crippen LogP contribution in [0.25, 0.3) is 0 Å². The van der Waals surface area contributed by atoms with E-state index in [0.717, 1.165) is 30.0 Å². The van der Waals surface area contributed by atoms with Crippen molar-refractivity contribution in [2.45, 2.75) is 58.2 Å². The Morgan fingerprint density at radius 2 is 1.92 bits per heavy atom. The summed E-state index contributed by atoms with van der Waals surface area (Å²) in [5.74, 6) is 2.28. The van der Waals surface area contributed by atoms with Gasteiger partial charge in [-0.05, 0) is 54.7 Å². The predicted molar refractivity (Wildman–Crippen MR) is 97.6 cm³/mol. The third-order valence-electron chi connectivity index (χ3n) is 6.93. The lowest BCUT2D eigenvalue weighted by molar-refractivity contribution is -0.199. The Morgan fingerprint density at radius 1 is 1.16 bits per heavy atom. The van der Waals surface area contributed by atoms with Crippen LogP contribution in [0.2, 0.25) is 6.32 Å². The summed E-state index contributed by atoms with van der Waals surface area (Å²) in [5, 5.41) is 0. The summed E-state index contributed by atoms with van der Waals surface area (Å²) in [5.41, 5.74) is 1.44. The summed E-state index contributed by atoms with van der Waals surface area (Å²) < 4.78 is 23.6. The van der Waals surface area contributed by atoms with E-state index in [-0.39, 0.29) is 18.8 Å². The molecule has 25 heavy (non-hydrogen) atoms. The molecule has 5 rings (SSSR count). The highest BCUT2D eigenvalue weighted by molar-refractivity contribution is 6.45. The molecule has 0 N–H and O–H groups in total. The van der Waals surface area contributed by atoms with Crippen LogP contribution in [0.3, 0.4) is 0 Å². The van der Waals surface area contributed by atoms with Gasteiger partial charge in [-0.1, -0.05) is 26.0 Å². The van der Waals surface area contributed by atoms with Gasteiger partial charge < -0.3 is 18.8 Å². The average molecular weight is 344 g/mol. The average Bonchev–Trinajstić information content (AvgIpc) is 2.95. The third-order valence-corrected chi connectivity index (χ3v) is 6.93. The van der Waals surface area contributed by atoms with E-state index in [0.29, 0.717) is 24.5 Å². The molecule has 1 aromatic carbocycles. The third kappa shape index (κ3) is 2.90. The molecule has 2 bridgehead atoms. The van der Waals surface area contributed by atoms with Gasteiger partial charge in [0.15, 0.2) is 0 Å². The first-order valence-electron chi connectivity index (χ1n) is 9.47. The molecule has 1 aromatic rings. The van der Waals surface area contributed by atoms with E-state index in [1.807, 2.05) is 24.3 Å². The molecule has 1 aliphatic heterocycles. The quantitative estimate of drug-likeness (QED) is 0.579. The highest BCUT2D eigenvalue weighted by Gasteiger charge is 2.67. The molecule has 3 saturated carbocycles. The van der Waals surface area contributed by atoms with E-state index in [1.54, 1.807) is 7.11 Å². The summed E-state index contributed by atoms with van der Waals surface area (Å²) in [6.45, 7) is 8.30. The maximum atomic E-state index is 6.40. The van der Waals surface area contributed by atoms with Gasteiger partial charge in [-0.15, -0.1) is 0 Å². The Bertz CT molecular complexity index is 617. The molecule has 4 fully saturated rings. The van der Waals surface area contributed by atoms with Crippen LogP contribution in [-0.4, -0.2) is 32.5 Å². The molecular formula is C20H29BO4. The van der Waals surface area contributed by atoms with Crippen molar-refractivity contribution in [3.05, 3.63) is 29.8 Å². The van der Waals surface area contributed by atoms with Gasteiger partial charge in [0.1, 0.15) is 5.75 Å². The fourth-order valence-corrected chi connectivity index (χ4v) is 5.17. The van der Waals surface area contributed by atoms with E-state index in [4.69, 9.17) is 18.8 Å². The van der Waals surface area contributed by atoms with Crippen molar-refractivity contribution in [1.29, 1.82) is 0 Å². The molecule has 1 heterocycles. The number of hydrogen-bond donors (Lipinski definition) is 0. The van der Waals surface area contributed by atoms with Gasteiger partial charge in [0.25, 0.3) is 0 Å². The van der Waals surface area contributed by atoms with Gasteiger partial charge in [-0.3, -0.25) is 0 Å². The SMILES string of the molecule is COc1ccc(COCCB2OC3C[C@@H]4CC(C4(C)C)[C@]3(C)O2)cc1. The fourth-order valence-electron chi connectivity index (χ4n) is 5.17. The summed E-state index contributed by atoms with van der Waals surface area (Å²) in [4.78, 5) is 0. The fraction of sp³-hybridized carbons (Fsp3) is 0.700. The van der Waals surface area contributed by atoms with E-state index >= 15 is 0 Å². The highest BCUT2D eigenvalue weighted by atomic mass is 16.7. The van der Waals surface area contributed by atoms with Crippen LogP contribution in [0.1, 0.15) is 39.2 Å². The predicted octanol–water partition coefficient (Wildman–Crippen LogP) is 3.94. The molecule has 0 amide bonds. The zero-order valence-corrected chi connectivity index (χ0v) is 15.8. The minimum Gasteiger partial charge on any atom is -0.497 e. The van der Waals surface area contributed by atoms with Crippen LogP contribution in [0, 0.1) is 17.3 Å². The molecule has 4 aliphatic rings. The van der Waals surface area contributed by atoms with Crippen molar-refractivity contribution >= 4 is 7.12 Å². The van der Waals surface area contributed by atoms with Crippen molar-refractivity contribution < 1.29 is 18.8 Å². The lowest BCUT2D eigenvalue weighted by atomic mass is 9.43. The molecule has 1 saturated heterocycles. The minimum atomic E-state index is -0.124. The van der Waals surface area contributed by atoms with Crippen molar-refractivity contribution in [2.24, 2.45) is 17.3 Å². The molecule has 0 spiro atoms. The van der Waals surface area contributed by atoms with E-state index in [2.05, 4.69) is 20.8 Å². The molecule has 0 aromatic heterocycles. The topological polar surface area (TPSA) is 36.9 Å². The van der Waals surface area contributed by atoms with Crippen LogP contribution in [0.5, 0.6) is 5.75 Å². The number of rotatable bonds is 6. The summed E-state index contributed by atoms with van der Waals surface area (Å²) in [7, 11) is 1.55. The summed E-state index contributed by atoms with van der Waals surface area (Å²) in [6.07, 6.45) is 3.49. The molecule has 136 valence electrons. The Balaban J connectivity index is 1.25. The first-order valence-corrected chi connectivity index (χ1v) is 9.47. The Hall–Kier alpha value is -1.04. The number of benzene rings is 1. The largest absolute Gasteiger partial charge is 0.497 e. The molecule has 5 heteroatoms. The summed E-state index contributed by atoms with van der Waals surface area (Å²) >= 11 is 0. The second-order valence-electron chi connectivity index (χ2n) is 8.59. The van der Waals surface area contributed by atoms with Crippen molar-refractivity contribution in [3.8, 4) is 5.75 Å². The lowest BCUT2D eigenvalue weighted by Crippen LogP contribution is -2.65. The number of hydrogen-bond acceptors (Lipinski definition) is 4. The van der Waals surface area contributed by atoms with Crippen LogP contribution < -0.4 is 4.74 Å². The molecule has 2 unspecified atom stereocenters. The van der Waals surface area contributed by atoms with Gasteiger partial charge >= 0.3 is 7.12 Å². The molecule has 4 nitrogen and oxygen atoms in total. The van der Waals surface area contributed by atoms with Gasteiger partial charge in [0.05, 0.1) is 25.4 Å². The second kappa shape index (κ2) is 6.29. The number of methoxy groups -OCH3 is 1. The Labute approximate surface area is 151 Å². The van der Waals surface area contributed by atoms with Crippen molar-refractivity contribution in [2.75, 3.05) is 13.7 Å². The standard InChI is InChI=1S/C20H29BO4/c1-19(2)15-11-17(19)20(3)18(12-15)24-21(25-20)9-10-23-13-14-5-7-16(22-4)8-6-14/h5-8,15,17-18H,9-13H2,1-4H3/t15-,17?,18?,20-/m0/s1. The maximum Gasteiger partial charge on any atom is 0.460 e. The van der Waals surface area contributed by atoms with Crippen molar-refractivity contribution in [1.82, 2.24) is 0 Å². The molecule has 0 radical (unpaired) electrons. The van der Waals surface area contributed by atoms with E-state index < -0.39 is 0 Å². The minimum absolute atomic E-state index is 0.112. The first-order chi connectivity index (χ1) is 11.9. The van der Waals surface area contributed by atoms with Crippen LogP contribution in [-0.2, 0) is 20.7 Å². The first kappa shape index (κ1) is 17.4. The van der Waals surface area contributed by atoms with E-state index in [9.17, 15) is 0 Å². The van der Waals surface area contributed by atoms with Gasteiger partial charge in [0.2, 0.25) is 0 Å². The normalized spacial score (nSPS) is 35.2. The highest BCUT2D eigenvalue weighted by Crippen LogP contribution is 2.65. The Morgan fingerprint density at radius 3 is 2.60 bits per heavy atom. The monoisotopic (exact) mass is 344 g/mol. The van der Waals surface area contributed by atoms with Gasteiger partial charge in [-0.2, -0.15) is 0 Å². The van der Waals surface area contributed by atoms with Crippen LogP contribution in [0.15, 0.2) is 24.3 Å². The number of ether oxygens (including phenoxy) is 2. The van der Waals surface area contributed by atoms with Crippen LogP contribution >= 0.6 is 0 Å². The maximum absolute atomic E-state index is 6.40. The Kier molecular flexibility index (Phi) is 4.37. The lowest BCUT2D eigenvalue weighted by Gasteiger charge is -2.64. The second-order valence-corrected chi connectivity index (χ2v) is 8.59. The zero-order chi connectivity index (χ0) is 17.7. The van der Waals surface area contributed by atoms with Crippen molar-refractivity contribution in [3.63, 3.8) is 0 Å². The zero-order valence-electron chi connectivity index (χ0n) is 15.8.